The van der Waals surface area contributed by atoms with Crippen molar-refractivity contribution in [3.8, 4) is 0 Å². The van der Waals surface area contributed by atoms with Gasteiger partial charge in [-0.3, -0.25) is 0 Å². The summed E-state index contributed by atoms with van der Waals surface area (Å²) in [7, 11) is 0. The molecule has 0 aliphatic carbocycles. The standard InChI is InChI=1S/C10H15N/c1-5-9(3)7-11-8-10(4)6-2/h5-8,11H,1-2H2,3-4H3/b9-7-,10-8+. The van der Waals surface area contributed by atoms with Crippen molar-refractivity contribution in [2.45, 2.75) is 13.8 Å². The van der Waals surface area contributed by atoms with E-state index in [1.54, 1.807) is 12.2 Å². The van der Waals surface area contributed by atoms with Gasteiger partial charge in [0.05, 0.1) is 0 Å². The van der Waals surface area contributed by atoms with Gasteiger partial charge >= 0.3 is 0 Å². The minimum absolute atomic E-state index is 1.11. The lowest BCUT2D eigenvalue weighted by molar-refractivity contribution is 1.14. The Morgan fingerprint density at radius 3 is 1.64 bits per heavy atom. The minimum Gasteiger partial charge on any atom is -0.367 e. The SMILES string of the molecule is C=C/C(C)=C\N/C=C(\C)C=C. The van der Waals surface area contributed by atoms with Gasteiger partial charge in [-0.15, -0.1) is 0 Å². The molecule has 1 nitrogen and oxygen atoms in total. The lowest BCUT2D eigenvalue weighted by Gasteiger charge is -1.94. The molecule has 0 unspecified atom stereocenters. The predicted octanol–water partition coefficient (Wildman–Crippen LogP) is 2.76. The Kier molecular flexibility index (Phi) is 4.91. The Morgan fingerprint density at radius 2 is 1.36 bits per heavy atom. The van der Waals surface area contributed by atoms with Crippen molar-refractivity contribution in [1.82, 2.24) is 5.32 Å². The van der Waals surface area contributed by atoms with Crippen molar-refractivity contribution in [3.63, 3.8) is 0 Å². The van der Waals surface area contributed by atoms with Gasteiger partial charge in [0.2, 0.25) is 0 Å². The van der Waals surface area contributed by atoms with E-state index < -0.39 is 0 Å². The Morgan fingerprint density at radius 1 is 1.00 bits per heavy atom. The van der Waals surface area contributed by atoms with Crippen molar-refractivity contribution in [1.29, 1.82) is 0 Å². The molecular formula is C10H15N. The van der Waals surface area contributed by atoms with Gasteiger partial charge in [0.15, 0.2) is 0 Å². The zero-order valence-corrected chi connectivity index (χ0v) is 7.22. The van der Waals surface area contributed by atoms with Crippen LogP contribution in [0.4, 0.5) is 0 Å². The van der Waals surface area contributed by atoms with Crippen molar-refractivity contribution in [2.24, 2.45) is 0 Å². The molecule has 0 bridgehead atoms. The number of hydrogen-bond donors (Lipinski definition) is 1. The molecule has 0 radical (unpaired) electrons. The average Bonchev–Trinajstić information content (AvgIpc) is 2.04. The molecule has 11 heavy (non-hydrogen) atoms. The first-order valence-corrected chi connectivity index (χ1v) is 3.55. The summed E-state index contributed by atoms with van der Waals surface area (Å²) in [4.78, 5) is 0. The molecule has 1 N–H and O–H groups in total. The summed E-state index contributed by atoms with van der Waals surface area (Å²) in [5.74, 6) is 0. The summed E-state index contributed by atoms with van der Waals surface area (Å²) in [6.45, 7) is 11.2. The Hall–Kier alpha value is -1.24. The van der Waals surface area contributed by atoms with Crippen molar-refractivity contribution in [2.75, 3.05) is 0 Å². The second-order valence-corrected chi connectivity index (χ2v) is 2.35. The molecule has 0 rings (SSSR count). The van der Waals surface area contributed by atoms with Gasteiger partial charge in [0, 0.05) is 12.4 Å². The quantitative estimate of drug-likeness (QED) is 0.606. The van der Waals surface area contributed by atoms with Crippen LogP contribution in [0, 0.1) is 0 Å². The van der Waals surface area contributed by atoms with Gasteiger partial charge in [-0.25, -0.2) is 0 Å². The number of hydrogen-bond acceptors (Lipinski definition) is 1. The second kappa shape index (κ2) is 5.54. The maximum absolute atomic E-state index is 3.63. The van der Waals surface area contributed by atoms with Crippen molar-refractivity contribution < 1.29 is 0 Å². The predicted molar refractivity (Wildman–Crippen MR) is 51.0 cm³/mol. The van der Waals surface area contributed by atoms with Gasteiger partial charge in [0.1, 0.15) is 0 Å². The van der Waals surface area contributed by atoms with E-state index in [2.05, 4.69) is 18.5 Å². The molecular weight excluding hydrogens is 134 g/mol. The maximum atomic E-state index is 3.63. The first kappa shape index (κ1) is 9.76. The zero-order chi connectivity index (χ0) is 8.69. The van der Waals surface area contributed by atoms with Gasteiger partial charge in [-0.05, 0) is 25.0 Å². The maximum Gasteiger partial charge on any atom is 0.00338 e. The summed E-state index contributed by atoms with van der Waals surface area (Å²) in [6.07, 6.45) is 7.37. The largest absolute Gasteiger partial charge is 0.367 e. The first-order chi connectivity index (χ1) is 5.20. The first-order valence-electron chi connectivity index (χ1n) is 3.55. The summed E-state index contributed by atoms with van der Waals surface area (Å²) >= 11 is 0. The molecule has 0 saturated heterocycles. The van der Waals surface area contributed by atoms with Crippen LogP contribution in [0.5, 0.6) is 0 Å². The molecule has 0 saturated carbocycles. The summed E-state index contributed by atoms with van der Waals surface area (Å²) in [6, 6.07) is 0. The topological polar surface area (TPSA) is 12.0 Å². The van der Waals surface area contributed by atoms with Gasteiger partial charge in [0.25, 0.3) is 0 Å². The summed E-state index contributed by atoms with van der Waals surface area (Å²) < 4.78 is 0. The van der Waals surface area contributed by atoms with Gasteiger partial charge in [-0.1, -0.05) is 25.3 Å². The van der Waals surface area contributed by atoms with E-state index in [4.69, 9.17) is 0 Å². The fraction of sp³-hybridized carbons (Fsp3) is 0.200. The normalized spacial score (nSPS) is 12.5. The van der Waals surface area contributed by atoms with Crippen LogP contribution >= 0.6 is 0 Å². The lowest BCUT2D eigenvalue weighted by Crippen LogP contribution is -1.94. The van der Waals surface area contributed by atoms with E-state index in [0.29, 0.717) is 0 Å². The van der Waals surface area contributed by atoms with Crippen LogP contribution in [-0.4, -0.2) is 0 Å². The second-order valence-electron chi connectivity index (χ2n) is 2.35. The lowest BCUT2D eigenvalue weighted by atomic mass is 10.3. The Bertz CT molecular complexity index is 175. The molecule has 0 aromatic carbocycles. The third kappa shape index (κ3) is 5.22. The van der Waals surface area contributed by atoms with Crippen LogP contribution in [-0.2, 0) is 0 Å². The molecule has 0 spiro atoms. The monoisotopic (exact) mass is 149 g/mol. The molecule has 0 heterocycles. The van der Waals surface area contributed by atoms with E-state index in [-0.39, 0.29) is 0 Å². The molecule has 0 aromatic heterocycles. The molecule has 60 valence electrons. The van der Waals surface area contributed by atoms with Crippen LogP contribution in [0.2, 0.25) is 0 Å². The van der Waals surface area contributed by atoms with Crippen LogP contribution in [0.1, 0.15) is 13.8 Å². The van der Waals surface area contributed by atoms with Crippen molar-refractivity contribution >= 4 is 0 Å². The molecule has 0 amide bonds. The molecule has 0 aliphatic heterocycles. The third-order valence-electron chi connectivity index (χ3n) is 1.27. The fourth-order valence-corrected chi connectivity index (χ4v) is 0.422. The van der Waals surface area contributed by atoms with E-state index in [0.717, 1.165) is 11.1 Å². The summed E-state index contributed by atoms with van der Waals surface area (Å²) in [5, 5.41) is 3.02. The highest BCUT2D eigenvalue weighted by Crippen LogP contribution is 1.92. The smallest absolute Gasteiger partial charge is 0.00338 e. The molecule has 0 aliphatic rings. The summed E-state index contributed by atoms with van der Waals surface area (Å²) in [5.41, 5.74) is 2.22. The Balaban J connectivity index is 3.89. The minimum atomic E-state index is 1.11. The van der Waals surface area contributed by atoms with Gasteiger partial charge < -0.3 is 5.32 Å². The van der Waals surface area contributed by atoms with Crippen LogP contribution in [0.15, 0.2) is 48.9 Å². The number of allylic oxidation sites excluding steroid dienone is 4. The van der Waals surface area contributed by atoms with E-state index in [1.165, 1.54) is 0 Å². The highest BCUT2D eigenvalue weighted by Gasteiger charge is 1.77. The van der Waals surface area contributed by atoms with Crippen LogP contribution in [0.3, 0.4) is 0 Å². The number of rotatable bonds is 4. The molecule has 0 atom stereocenters. The van der Waals surface area contributed by atoms with Crippen LogP contribution in [0.25, 0.3) is 0 Å². The highest BCUT2D eigenvalue weighted by atomic mass is 14.8. The Labute approximate surface area is 68.8 Å². The number of nitrogens with one attached hydrogen (secondary N) is 1. The molecule has 0 aromatic rings. The zero-order valence-electron chi connectivity index (χ0n) is 7.22. The average molecular weight is 149 g/mol. The van der Waals surface area contributed by atoms with Gasteiger partial charge in [-0.2, -0.15) is 0 Å². The van der Waals surface area contributed by atoms with E-state index >= 15 is 0 Å². The molecule has 1 heteroatoms. The van der Waals surface area contributed by atoms with E-state index in [1.807, 2.05) is 26.2 Å². The van der Waals surface area contributed by atoms with Crippen LogP contribution < -0.4 is 5.32 Å². The fourth-order valence-electron chi connectivity index (χ4n) is 0.422. The van der Waals surface area contributed by atoms with Crippen molar-refractivity contribution in [3.05, 3.63) is 48.9 Å². The third-order valence-corrected chi connectivity index (χ3v) is 1.27. The highest BCUT2D eigenvalue weighted by molar-refractivity contribution is 5.16. The molecule has 0 fully saturated rings. The van der Waals surface area contributed by atoms with E-state index in [9.17, 15) is 0 Å².